The first-order valence-corrected chi connectivity index (χ1v) is 9.49. The van der Waals surface area contributed by atoms with Crippen LogP contribution in [0.5, 0.6) is 0 Å². The van der Waals surface area contributed by atoms with Gasteiger partial charge in [-0.3, -0.25) is 4.79 Å². The molecule has 0 unspecified atom stereocenters. The van der Waals surface area contributed by atoms with E-state index in [1.165, 1.54) is 11.3 Å². The maximum Gasteiger partial charge on any atom is 0.229 e. The lowest BCUT2D eigenvalue weighted by Crippen LogP contribution is -2.12. The van der Waals surface area contributed by atoms with E-state index in [4.69, 9.17) is 0 Å². The number of hydrogen-bond acceptors (Lipinski definition) is 5. The lowest BCUT2D eigenvalue weighted by molar-refractivity contribution is -0.117. The summed E-state index contributed by atoms with van der Waals surface area (Å²) < 4.78 is 0. The summed E-state index contributed by atoms with van der Waals surface area (Å²) in [6.45, 7) is 0. The van der Waals surface area contributed by atoms with Crippen LogP contribution in [0.15, 0.2) is 48.0 Å². The van der Waals surface area contributed by atoms with E-state index in [2.05, 4.69) is 45.6 Å². The third kappa shape index (κ3) is 3.60. The van der Waals surface area contributed by atoms with Gasteiger partial charge >= 0.3 is 0 Å². The van der Waals surface area contributed by atoms with E-state index >= 15 is 0 Å². The third-order valence-corrected chi connectivity index (χ3v) is 5.16. The fourth-order valence-electron chi connectivity index (χ4n) is 2.69. The zero-order valence-corrected chi connectivity index (χ0v) is 15.6. The van der Waals surface area contributed by atoms with Crippen LogP contribution in [0.25, 0.3) is 22.4 Å². The van der Waals surface area contributed by atoms with Gasteiger partial charge in [0, 0.05) is 37.2 Å². The van der Waals surface area contributed by atoms with Gasteiger partial charge in [-0.2, -0.15) is 0 Å². The van der Waals surface area contributed by atoms with Crippen LogP contribution in [0, 0.1) is 5.92 Å². The number of carbonyl (C=O) groups is 1. The van der Waals surface area contributed by atoms with Crippen LogP contribution in [-0.4, -0.2) is 30.0 Å². The summed E-state index contributed by atoms with van der Waals surface area (Å²) in [6.07, 6.45) is 3.82. The maximum atomic E-state index is 11.8. The number of pyridine rings is 1. The van der Waals surface area contributed by atoms with Crippen LogP contribution in [0.3, 0.4) is 0 Å². The Morgan fingerprint density at radius 2 is 1.85 bits per heavy atom. The van der Waals surface area contributed by atoms with E-state index in [0.29, 0.717) is 5.13 Å². The highest BCUT2D eigenvalue weighted by molar-refractivity contribution is 7.14. The highest BCUT2D eigenvalue weighted by Crippen LogP contribution is 2.32. The fraction of sp³-hybridized carbons (Fsp3) is 0.250. The lowest BCUT2D eigenvalue weighted by atomic mass is 10.0. The fourth-order valence-corrected chi connectivity index (χ4v) is 3.42. The quantitative estimate of drug-likeness (QED) is 0.734. The largest absolute Gasteiger partial charge is 0.363 e. The molecule has 2 aromatic heterocycles. The molecular weight excluding hydrogens is 344 g/mol. The normalized spacial score (nSPS) is 13.5. The second-order valence-electron chi connectivity index (χ2n) is 6.68. The molecule has 132 valence electrons. The Kier molecular flexibility index (Phi) is 4.42. The Morgan fingerprint density at radius 1 is 1.12 bits per heavy atom. The molecule has 3 aromatic rings. The molecule has 1 aliphatic carbocycles. The predicted molar refractivity (Wildman–Crippen MR) is 106 cm³/mol. The molecule has 0 aliphatic heterocycles. The Labute approximate surface area is 156 Å². The molecule has 0 atom stereocenters. The summed E-state index contributed by atoms with van der Waals surface area (Å²) in [5.74, 6) is 1.21. The van der Waals surface area contributed by atoms with Crippen molar-refractivity contribution in [2.75, 3.05) is 24.3 Å². The predicted octanol–water partition coefficient (Wildman–Crippen LogP) is 4.29. The Balaban J connectivity index is 1.51. The zero-order valence-electron chi connectivity index (χ0n) is 14.8. The minimum absolute atomic E-state index is 0.0932. The molecule has 4 rings (SSSR count). The SMILES string of the molecule is CN(C)c1cc(-c2ccc(-c3csc(NC(=O)C4CC4)n3)cc2)ccn1. The van der Waals surface area contributed by atoms with E-state index in [1.54, 1.807) is 0 Å². The van der Waals surface area contributed by atoms with Crippen molar-refractivity contribution < 1.29 is 4.79 Å². The van der Waals surface area contributed by atoms with Crippen LogP contribution in [0.2, 0.25) is 0 Å². The number of rotatable bonds is 5. The highest BCUT2D eigenvalue weighted by atomic mass is 32.1. The van der Waals surface area contributed by atoms with Gasteiger partial charge in [0.25, 0.3) is 0 Å². The molecule has 5 nitrogen and oxygen atoms in total. The van der Waals surface area contributed by atoms with Gasteiger partial charge in [0.2, 0.25) is 5.91 Å². The average Bonchev–Trinajstić information content (AvgIpc) is 3.42. The molecule has 1 N–H and O–H groups in total. The molecule has 2 heterocycles. The number of thiazole rings is 1. The number of hydrogen-bond donors (Lipinski definition) is 1. The average molecular weight is 364 g/mol. The van der Waals surface area contributed by atoms with Gasteiger partial charge in [-0.25, -0.2) is 9.97 Å². The third-order valence-electron chi connectivity index (χ3n) is 4.40. The Bertz CT molecular complexity index is 929. The van der Waals surface area contributed by atoms with Crippen molar-refractivity contribution in [2.45, 2.75) is 12.8 Å². The number of anilines is 2. The Morgan fingerprint density at radius 3 is 2.54 bits per heavy atom. The topological polar surface area (TPSA) is 58.1 Å². The standard InChI is InChI=1S/C20H20N4OS/c1-24(2)18-11-16(9-10-21-18)13-3-5-14(6-4-13)17-12-26-20(22-17)23-19(25)15-7-8-15/h3-6,9-12,15H,7-8H2,1-2H3,(H,22,23,25). The highest BCUT2D eigenvalue weighted by Gasteiger charge is 2.30. The van der Waals surface area contributed by atoms with Crippen LogP contribution in [-0.2, 0) is 4.79 Å². The molecule has 0 bridgehead atoms. The summed E-state index contributed by atoms with van der Waals surface area (Å²) in [7, 11) is 3.97. The van der Waals surface area contributed by atoms with E-state index in [9.17, 15) is 4.79 Å². The minimum Gasteiger partial charge on any atom is -0.363 e. The van der Waals surface area contributed by atoms with Gasteiger partial charge in [-0.05, 0) is 36.1 Å². The molecule has 0 saturated heterocycles. The molecule has 0 spiro atoms. The van der Waals surface area contributed by atoms with Crippen molar-refractivity contribution in [1.29, 1.82) is 0 Å². The molecular formula is C20H20N4OS. The van der Waals surface area contributed by atoms with E-state index in [0.717, 1.165) is 41.0 Å². The van der Waals surface area contributed by atoms with Gasteiger partial charge in [-0.15, -0.1) is 11.3 Å². The van der Waals surface area contributed by atoms with Crippen molar-refractivity contribution in [2.24, 2.45) is 5.92 Å². The van der Waals surface area contributed by atoms with Gasteiger partial charge in [0.05, 0.1) is 5.69 Å². The summed E-state index contributed by atoms with van der Waals surface area (Å²) in [5.41, 5.74) is 4.19. The minimum atomic E-state index is 0.0932. The van der Waals surface area contributed by atoms with E-state index in [1.807, 2.05) is 36.6 Å². The molecule has 1 aromatic carbocycles. The molecule has 6 heteroatoms. The zero-order chi connectivity index (χ0) is 18.1. The van der Waals surface area contributed by atoms with Crippen LogP contribution in [0.1, 0.15) is 12.8 Å². The number of nitrogens with one attached hydrogen (secondary N) is 1. The summed E-state index contributed by atoms with van der Waals surface area (Å²) in [6, 6.07) is 12.4. The monoisotopic (exact) mass is 364 g/mol. The van der Waals surface area contributed by atoms with Crippen molar-refractivity contribution in [3.63, 3.8) is 0 Å². The van der Waals surface area contributed by atoms with Crippen molar-refractivity contribution in [1.82, 2.24) is 9.97 Å². The smallest absolute Gasteiger partial charge is 0.229 e. The van der Waals surface area contributed by atoms with Crippen LogP contribution < -0.4 is 10.2 Å². The van der Waals surface area contributed by atoms with Gasteiger partial charge in [-0.1, -0.05) is 24.3 Å². The number of nitrogens with zero attached hydrogens (tertiary/aromatic N) is 3. The van der Waals surface area contributed by atoms with Crippen LogP contribution >= 0.6 is 11.3 Å². The van der Waals surface area contributed by atoms with Crippen molar-refractivity contribution in [3.05, 3.63) is 48.0 Å². The summed E-state index contributed by atoms with van der Waals surface area (Å²) in [4.78, 5) is 22.7. The van der Waals surface area contributed by atoms with Gasteiger partial charge in [0.15, 0.2) is 5.13 Å². The first-order chi connectivity index (χ1) is 12.6. The maximum absolute atomic E-state index is 11.8. The molecule has 1 fully saturated rings. The van der Waals surface area contributed by atoms with Gasteiger partial charge < -0.3 is 10.2 Å². The summed E-state index contributed by atoms with van der Waals surface area (Å²) in [5, 5.41) is 5.56. The second kappa shape index (κ2) is 6.88. The number of carbonyl (C=O) groups excluding carboxylic acids is 1. The summed E-state index contributed by atoms with van der Waals surface area (Å²) >= 11 is 1.47. The first kappa shape index (κ1) is 16.7. The van der Waals surface area contributed by atoms with Crippen LogP contribution in [0.4, 0.5) is 10.9 Å². The van der Waals surface area contributed by atoms with Crippen molar-refractivity contribution in [3.8, 4) is 22.4 Å². The first-order valence-electron chi connectivity index (χ1n) is 8.61. The van der Waals surface area contributed by atoms with Crippen molar-refractivity contribution >= 4 is 28.2 Å². The van der Waals surface area contributed by atoms with Gasteiger partial charge in [0.1, 0.15) is 5.82 Å². The molecule has 1 saturated carbocycles. The molecule has 0 radical (unpaired) electrons. The Hall–Kier alpha value is -2.73. The molecule has 26 heavy (non-hydrogen) atoms. The van der Waals surface area contributed by atoms with E-state index < -0.39 is 0 Å². The lowest BCUT2D eigenvalue weighted by Gasteiger charge is -2.12. The number of benzene rings is 1. The number of aromatic nitrogens is 2. The molecule has 1 amide bonds. The number of amides is 1. The van der Waals surface area contributed by atoms with E-state index in [-0.39, 0.29) is 11.8 Å². The second-order valence-corrected chi connectivity index (χ2v) is 7.53. The molecule has 1 aliphatic rings.